The Hall–Kier alpha value is -3.89. The Labute approximate surface area is 225 Å². The van der Waals surface area contributed by atoms with Crippen molar-refractivity contribution in [3.8, 4) is 11.1 Å². The van der Waals surface area contributed by atoms with Crippen LogP contribution in [0.4, 0.5) is 13.2 Å². The number of carboxylic acids is 1. The molecule has 3 aromatic carbocycles. The second kappa shape index (κ2) is 10.1. The highest BCUT2D eigenvalue weighted by Crippen LogP contribution is 2.40. The van der Waals surface area contributed by atoms with Gasteiger partial charge >= 0.3 is 12.1 Å². The van der Waals surface area contributed by atoms with E-state index in [2.05, 4.69) is 4.98 Å². The first-order chi connectivity index (χ1) is 18.1. The summed E-state index contributed by atoms with van der Waals surface area (Å²) in [6.45, 7) is 0.320. The number of hydrogen-bond acceptors (Lipinski definition) is 4. The van der Waals surface area contributed by atoms with Gasteiger partial charge in [0.15, 0.2) is 0 Å². The number of carbonyl (C=O) groups is 2. The Bertz CT molecular complexity index is 1610. The molecule has 1 aliphatic heterocycles. The Balaban J connectivity index is 1.38. The van der Waals surface area contributed by atoms with Crippen LogP contribution >= 0.6 is 24.0 Å². The van der Waals surface area contributed by atoms with Gasteiger partial charge in [-0.05, 0) is 76.5 Å². The van der Waals surface area contributed by atoms with Gasteiger partial charge in [0.1, 0.15) is 4.32 Å². The van der Waals surface area contributed by atoms with E-state index in [1.54, 1.807) is 54.7 Å². The molecule has 1 saturated heterocycles. The minimum atomic E-state index is -4.54. The standard InChI is InChI=1S/C28H19F3N2O3S2/c29-28(30,31)22-15-23-20(8-10-32-23)14-21(22)19-3-1-2-17(12-19)13-24-25(34)33(27(37)38-24)11-9-16-4-6-18(7-5-16)26(35)36/h1-8,10,12-15,32H,9,11H2,(H,35,36)/b24-13-. The van der Waals surface area contributed by atoms with E-state index in [0.29, 0.717) is 44.2 Å². The Morgan fingerprint density at radius 2 is 1.84 bits per heavy atom. The zero-order valence-electron chi connectivity index (χ0n) is 19.6. The summed E-state index contributed by atoms with van der Waals surface area (Å²) >= 11 is 6.54. The molecule has 0 spiro atoms. The molecule has 1 aromatic heterocycles. The van der Waals surface area contributed by atoms with Gasteiger partial charge in [0.25, 0.3) is 5.91 Å². The number of aromatic amines is 1. The second-order valence-electron chi connectivity index (χ2n) is 8.67. The number of H-pyrrole nitrogens is 1. The van der Waals surface area contributed by atoms with Gasteiger partial charge in [-0.25, -0.2) is 4.79 Å². The topological polar surface area (TPSA) is 73.4 Å². The van der Waals surface area contributed by atoms with Gasteiger partial charge in [-0.15, -0.1) is 0 Å². The summed E-state index contributed by atoms with van der Waals surface area (Å²) in [4.78, 5) is 28.8. The molecule has 0 aliphatic carbocycles. The van der Waals surface area contributed by atoms with Gasteiger partial charge in [0.2, 0.25) is 0 Å². The van der Waals surface area contributed by atoms with E-state index >= 15 is 0 Å². The first-order valence-electron chi connectivity index (χ1n) is 11.5. The molecule has 1 amide bonds. The summed E-state index contributed by atoms with van der Waals surface area (Å²) in [5.41, 5.74) is 1.72. The third-order valence-corrected chi connectivity index (χ3v) is 7.57. The molecule has 4 aromatic rings. The normalized spacial score (nSPS) is 15.1. The van der Waals surface area contributed by atoms with Crippen molar-refractivity contribution >= 4 is 57.2 Å². The van der Waals surface area contributed by atoms with Crippen LogP contribution in [0.1, 0.15) is 27.0 Å². The van der Waals surface area contributed by atoms with Gasteiger partial charge in [-0.3, -0.25) is 9.69 Å². The first kappa shape index (κ1) is 25.7. The van der Waals surface area contributed by atoms with E-state index in [1.165, 1.54) is 23.1 Å². The van der Waals surface area contributed by atoms with Crippen molar-refractivity contribution in [3.63, 3.8) is 0 Å². The lowest BCUT2D eigenvalue weighted by atomic mass is 9.96. The fraction of sp³-hybridized carbons (Fsp3) is 0.107. The van der Waals surface area contributed by atoms with Crippen molar-refractivity contribution < 1.29 is 27.9 Å². The number of thioether (sulfide) groups is 1. The van der Waals surface area contributed by atoms with Crippen molar-refractivity contribution in [2.75, 3.05) is 6.54 Å². The summed E-state index contributed by atoms with van der Waals surface area (Å²) < 4.78 is 42.0. The quantitative estimate of drug-likeness (QED) is 0.199. The van der Waals surface area contributed by atoms with Crippen LogP contribution in [0.25, 0.3) is 28.1 Å². The van der Waals surface area contributed by atoms with Crippen LogP contribution in [-0.2, 0) is 17.4 Å². The number of alkyl halides is 3. The maximum atomic E-state index is 13.9. The molecule has 5 nitrogen and oxygen atoms in total. The molecule has 10 heteroatoms. The molecule has 5 rings (SSSR count). The maximum Gasteiger partial charge on any atom is 0.417 e. The number of aromatic nitrogens is 1. The van der Waals surface area contributed by atoms with Crippen LogP contribution in [0.5, 0.6) is 0 Å². The fourth-order valence-electron chi connectivity index (χ4n) is 4.27. The SMILES string of the molecule is O=C(O)c1ccc(CCN2C(=O)/C(=C/c3cccc(-c4cc5cc[nH]c5cc4C(F)(F)F)c3)SC2=S)cc1. The van der Waals surface area contributed by atoms with Gasteiger partial charge in [-0.1, -0.05) is 54.3 Å². The predicted octanol–water partition coefficient (Wildman–Crippen LogP) is 7.00. The Morgan fingerprint density at radius 3 is 2.55 bits per heavy atom. The lowest BCUT2D eigenvalue weighted by molar-refractivity contribution is -0.137. The summed E-state index contributed by atoms with van der Waals surface area (Å²) in [5, 5.41) is 9.70. The average Bonchev–Trinajstić information content (AvgIpc) is 3.45. The number of carboxylic acid groups (broad SMARTS) is 1. The van der Waals surface area contributed by atoms with E-state index in [0.717, 1.165) is 23.4 Å². The molecule has 1 aliphatic rings. The van der Waals surface area contributed by atoms with Crippen LogP contribution in [0.3, 0.4) is 0 Å². The maximum absolute atomic E-state index is 13.9. The van der Waals surface area contributed by atoms with Gasteiger partial charge in [0, 0.05) is 18.3 Å². The van der Waals surface area contributed by atoms with Crippen LogP contribution < -0.4 is 0 Å². The molecule has 2 heterocycles. The third-order valence-electron chi connectivity index (χ3n) is 6.19. The molecule has 0 atom stereocenters. The monoisotopic (exact) mass is 552 g/mol. The van der Waals surface area contributed by atoms with Crippen molar-refractivity contribution in [2.45, 2.75) is 12.6 Å². The van der Waals surface area contributed by atoms with Crippen molar-refractivity contribution in [1.82, 2.24) is 9.88 Å². The van der Waals surface area contributed by atoms with Gasteiger partial charge < -0.3 is 10.1 Å². The molecule has 0 saturated carbocycles. The molecule has 0 unspecified atom stereocenters. The summed E-state index contributed by atoms with van der Waals surface area (Å²) in [6, 6.07) is 17.4. The van der Waals surface area contributed by atoms with Gasteiger partial charge in [0.05, 0.1) is 16.0 Å². The van der Waals surface area contributed by atoms with Crippen LogP contribution in [-0.4, -0.2) is 37.7 Å². The Kier molecular flexibility index (Phi) is 6.85. The van der Waals surface area contributed by atoms with Crippen LogP contribution in [0.2, 0.25) is 0 Å². The molecule has 0 radical (unpaired) electrons. The number of benzene rings is 3. The molecule has 0 bridgehead atoms. The van der Waals surface area contributed by atoms with E-state index in [-0.39, 0.29) is 17.0 Å². The molecular weight excluding hydrogens is 533 g/mol. The third kappa shape index (κ3) is 5.23. The number of aromatic carboxylic acids is 1. The number of nitrogens with zero attached hydrogens (tertiary/aromatic N) is 1. The number of hydrogen-bond donors (Lipinski definition) is 2. The first-order valence-corrected chi connectivity index (χ1v) is 12.7. The number of thiocarbonyl (C=S) groups is 1. The van der Waals surface area contributed by atoms with E-state index in [9.17, 15) is 22.8 Å². The highest BCUT2D eigenvalue weighted by molar-refractivity contribution is 8.26. The lowest BCUT2D eigenvalue weighted by Gasteiger charge is -2.14. The minimum absolute atomic E-state index is 0.0568. The number of fused-ring (bicyclic) bond motifs is 1. The summed E-state index contributed by atoms with van der Waals surface area (Å²) in [7, 11) is 0. The number of rotatable bonds is 6. The number of nitrogens with one attached hydrogen (secondary N) is 1. The second-order valence-corrected chi connectivity index (χ2v) is 10.3. The fourth-order valence-corrected chi connectivity index (χ4v) is 5.58. The van der Waals surface area contributed by atoms with Crippen LogP contribution in [0, 0.1) is 0 Å². The zero-order chi connectivity index (χ0) is 27.0. The smallest absolute Gasteiger partial charge is 0.417 e. The summed E-state index contributed by atoms with van der Waals surface area (Å²) in [5.74, 6) is -1.29. The molecule has 1 fully saturated rings. The minimum Gasteiger partial charge on any atom is -0.478 e. The van der Waals surface area contributed by atoms with Crippen LogP contribution in [0.15, 0.2) is 77.8 Å². The molecule has 2 N–H and O–H groups in total. The average molecular weight is 553 g/mol. The number of amides is 1. The zero-order valence-corrected chi connectivity index (χ0v) is 21.2. The Morgan fingerprint density at radius 1 is 1.08 bits per heavy atom. The lowest BCUT2D eigenvalue weighted by Crippen LogP contribution is -2.30. The van der Waals surface area contributed by atoms with E-state index < -0.39 is 17.7 Å². The number of carbonyl (C=O) groups excluding carboxylic acids is 1. The van der Waals surface area contributed by atoms with Crippen molar-refractivity contribution in [1.29, 1.82) is 0 Å². The van der Waals surface area contributed by atoms with E-state index in [4.69, 9.17) is 17.3 Å². The van der Waals surface area contributed by atoms with Crippen molar-refractivity contribution in [2.24, 2.45) is 0 Å². The summed E-state index contributed by atoms with van der Waals surface area (Å²) in [6.07, 6.45) is -0.831. The van der Waals surface area contributed by atoms with Gasteiger partial charge in [-0.2, -0.15) is 13.2 Å². The number of halogens is 3. The molecule has 192 valence electrons. The highest BCUT2D eigenvalue weighted by atomic mass is 32.2. The molecule has 38 heavy (non-hydrogen) atoms. The molecular formula is C28H19F3N2O3S2. The highest BCUT2D eigenvalue weighted by Gasteiger charge is 2.34. The van der Waals surface area contributed by atoms with Crippen molar-refractivity contribution in [3.05, 3.63) is 100 Å². The largest absolute Gasteiger partial charge is 0.478 e. The van der Waals surface area contributed by atoms with E-state index in [1.807, 2.05) is 0 Å². The predicted molar refractivity (Wildman–Crippen MR) is 146 cm³/mol.